The molecule has 0 saturated carbocycles. The summed E-state index contributed by atoms with van der Waals surface area (Å²) in [5.41, 5.74) is 4.87. The molecular weight excluding hydrogens is 366 g/mol. The maximum atomic E-state index is 12.6. The van der Waals surface area contributed by atoms with Gasteiger partial charge in [0.25, 0.3) is 0 Å². The molecule has 2 N–H and O–H groups in total. The molecule has 2 amide bonds. The Morgan fingerprint density at radius 1 is 1.37 bits per heavy atom. The molecule has 27 heavy (non-hydrogen) atoms. The van der Waals surface area contributed by atoms with Crippen molar-refractivity contribution in [1.82, 2.24) is 15.2 Å². The number of aryl methyl sites for hydroxylation is 1. The van der Waals surface area contributed by atoms with Crippen LogP contribution in [0.15, 0.2) is 29.8 Å². The second-order valence-corrected chi connectivity index (χ2v) is 7.52. The molecule has 7 nitrogen and oxygen atoms in total. The minimum Gasteiger partial charge on any atom is -0.465 e. The molecule has 1 unspecified atom stereocenters. The molecule has 0 aliphatic carbocycles. The number of hydrogen-bond donors (Lipinski definition) is 2. The van der Waals surface area contributed by atoms with Crippen molar-refractivity contribution in [1.29, 1.82) is 0 Å². The summed E-state index contributed by atoms with van der Waals surface area (Å²) in [6, 6.07) is 7.01. The summed E-state index contributed by atoms with van der Waals surface area (Å²) in [5, 5.41) is 12.3. The van der Waals surface area contributed by atoms with Gasteiger partial charge in [-0.15, -0.1) is 11.3 Å². The fraction of sp³-hybridized carbons (Fsp3) is 0.421. The van der Waals surface area contributed by atoms with E-state index >= 15 is 0 Å². The number of nitrogens with zero attached hydrogens (tertiary/aromatic N) is 2. The van der Waals surface area contributed by atoms with Gasteiger partial charge >= 0.3 is 6.09 Å². The van der Waals surface area contributed by atoms with E-state index in [4.69, 9.17) is 4.74 Å². The Labute approximate surface area is 162 Å². The molecule has 3 rings (SSSR count). The Hall–Kier alpha value is -2.45. The molecule has 8 heteroatoms. The molecule has 1 fully saturated rings. The number of methoxy groups -OCH3 is 1. The Bertz CT molecular complexity index is 821. The third-order valence-corrected chi connectivity index (χ3v) is 5.90. The van der Waals surface area contributed by atoms with Crippen molar-refractivity contribution in [2.45, 2.75) is 38.5 Å². The van der Waals surface area contributed by atoms with Crippen molar-refractivity contribution in [3.63, 3.8) is 0 Å². The van der Waals surface area contributed by atoms with Crippen LogP contribution in [-0.4, -0.2) is 52.8 Å². The van der Waals surface area contributed by atoms with Crippen LogP contribution >= 0.6 is 11.3 Å². The van der Waals surface area contributed by atoms with Crippen LogP contribution in [0.3, 0.4) is 0 Å². The average molecular weight is 389 g/mol. The number of thiazole rings is 1. The van der Waals surface area contributed by atoms with Gasteiger partial charge in [-0.1, -0.05) is 24.3 Å². The molecule has 2 heterocycles. The van der Waals surface area contributed by atoms with E-state index in [-0.39, 0.29) is 24.6 Å². The molecule has 2 aromatic rings. The molecule has 1 aromatic heterocycles. The van der Waals surface area contributed by atoms with Gasteiger partial charge in [0.05, 0.1) is 34.8 Å². The number of carbonyl (C=O) groups excluding carboxylic acids is 1. The highest BCUT2D eigenvalue weighted by atomic mass is 32.1. The molecule has 0 spiro atoms. The summed E-state index contributed by atoms with van der Waals surface area (Å²) in [4.78, 5) is 30.6. The standard InChI is InChI=1S/C19H23N3O4S/c1-11(13-4-6-14(7-5-13)17-12(2)20-10-27-17)21-18(23)16-8-15(26-3)9-22(16)19(24)25/h4-7,10-11,15-16H,8-9H2,1-3H3,(H,21,23)(H,24,25)/t11?,15-,16-/m1/s1. The number of carbonyl (C=O) groups is 2. The van der Waals surface area contributed by atoms with E-state index < -0.39 is 12.1 Å². The number of benzene rings is 1. The first-order chi connectivity index (χ1) is 12.9. The summed E-state index contributed by atoms with van der Waals surface area (Å²) in [7, 11) is 1.53. The zero-order valence-electron chi connectivity index (χ0n) is 15.5. The van der Waals surface area contributed by atoms with E-state index in [9.17, 15) is 14.7 Å². The molecule has 0 radical (unpaired) electrons. The first-order valence-corrected chi connectivity index (χ1v) is 9.61. The van der Waals surface area contributed by atoms with Crippen LogP contribution in [0.2, 0.25) is 0 Å². The predicted octanol–water partition coefficient (Wildman–Crippen LogP) is 3.06. The third-order valence-electron chi connectivity index (χ3n) is 4.92. The van der Waals surface area contributed by atoms with Crippen LogP contribution in [0.1, 0.15) is 30.6 Å². The molecule has 144 valence electrons. The van der Waals surface area contributed by atoms with E-state index in [1.807, 2.05) is 43.6 Å². The lowest BCUT2D eigenvalue weighted by Crippen LogP contribution is -2.46. The molecule has 0 bridgehead atoms. The first kappa shape index (κ1) is 19.3. The van der Waals surface area contributed by atoms with Crippen LogP contribution in [0.5, 0.6) is 0 Å². The van der Waals surface area contributed by atoms with E-state index in [1.54, 1.807) is 11.3 Å². The van der Waals surface area contributed by atoms with Gasteiger partial charge in [-0.3, -0.25) is 9.69 Å². The third kappa shape index (κ3) is 4.12. The molecule has 1 saturated heterocycles. The van der Waals surface area contributed by atoms with E-state index in [2.05, 4.69) is 10.3 Å². The highest BCUT2D eigenvalue weighted by Gasteiger charge is 2.40. The van der Waals surface area contributed by atoms with E-state index in [0.29, 0.717) is 6.42 Å². The lowest BCUT2D eigenvalue weighted by atomic mass is 10.0. The number of carboxylic acid groups (broad SMARTS) is 1. The summed E-state index contributed by atoms with van der Waals surface area (Å²) in [6.45, 7) is 4.07. The highest BCUT2D eigenvalue weighted by molar-refractivity contribution is 7.13. The predicted molar refractivity (Wildman–Crippen MR) is 103 cm³/mol. The van der Waals surface area contributed by atoms with Gasteiger partial charge in [-0.25, -0.2) is 9.78 Å². The number of amides is 2. The van der Waals surface area contributed by atoms with Crippen molar-refractivity contribution >= 4 is 23.3 Å². The highest BCUT2D eigenvalue weighted by Crippen LogP contribution is 2.28. The SMILES string of the molecule is CO[C@@H]1C[C@H](C(=O)NC(C)c2ccc(-c3scnc3C)cc2)N(C(=O)O)C1. The summed E-state index contributed by atoms with van der Waals surface area (Å²) in [5.74, 6) is -0.299. The van der Waals surface area contributed by atoms with Crippen LogP contribution in [0.4, 0.5) is 4.79 Å². The van der Waals surface area contributed by atoms with Gasteiger partial charge in [0.1, 0.15) is 6.04 Å². The Morgan fingerprint density at radius 3 is 2.63 bits per heavy atom. The second kappa shape index (κ2) is 8.06. The molecule has 1 aromatic carbocycles. The van der Waals surface area contributed by atoms with Gasteiger partial charge < -0.3 is 15.2 Å². The van der Waals surface area contributed by atoms with Gasteiger partial charge in [0.2, 0.25) is 5.91 Å². The number of nitrogens with one attached hydrogen (secondary N) is 1. The van der Waals surface area contributed by atoms with E-state index in [0.717, 1.165) is 26.6 Å². The first-order valence-electron chi connectivity index (χ1n) is 8.73. The summed E-state index contributed by atoms with van der Waals surface area (Å²) >= 11 is 1.60. The minimum absolute atomic E-state index is 0.210. The van der Waals surface area contributed by atoms with Gasteiger partial charge in [0.15, 0.2) is 0 Å². The van der Waals surface area contributed by atoms with Gasteiger partial charge in [0, 0.05) is 13.5 Å². The monoisotopic (exact) mass is 389 g/mol. The van der Waals surface area contributed by atoms with Crippen LogP contribution in [0.25, 0.3) is 10.4 Å². The quantitative estimate of drug-likeness (QED) is 0.820. The number of rotatable bonds is 5. The van der Waals surface area contributed by atoms with Crippen molar-refractivity contribution in [3.05, 3.63) is 41.0 Å². The molecule has 3 atom stereocenters. The summed E-state index contributed by atoms with van der Waals surface area (Å²) in [6.07, 6.45) is -0.994. The maximum absolute atomic E-state index is 12.6. The second-order valence-electron chi connectivity index (χ2n) is 6.66. The fourth-order valence-electron chi connectivity index (χ4n) is 3.32. The van der Waals surface area contributed by atoms with E-state index in [1.165, 1.54) is 7.11 Å². The van der Waals surface area contributed by atoms with Crippen molar-refractivity contribution in [3.8, 4) is 10.4 Å². The Morgan fingerprint density at radius 2 is 2.07 bits per heavy atom. The zero-order chi connectivity index (χ0) is 19.6. The smallest absolute Gasteiger partial charge is 0.408 e. The fourth-order valence-corrected chi connectivity index (χ4v) is 4.13. The Kier molecular flexibility index (Phi) is 5.76. The normalized spacial score (nSPS) is 20.5. The van der Waals surface area contributed by atoms with Crippen molar-refractivity contribution in [2.75, 3.05) is 13.7 Å². The van der Waals surface area contributed by atoms with Crippen LogP contribution < -0.4 is 5.32 Å². The zero-order valence-corrected chi connectivity index (χ0v) is 16.3. The largest absolute Gasteiger partial charge is 0.465 e. The lowest BCUT2D eigenvalue weighted by molar-refractivity contribution is -0.125. The molecule has 1 aliphatic rings. The maximum Gasteiger partial charge on any atom is 0.408 e. The number of hydrogen-bond acceptors (Lipinski definition) is 5. The van der Waals surface area contributed by atoms with Crippen LogP contribution in [0, 0.1) is 6.92 Å². The minimum atomic E-state index is -1.10. The van der Waals surface area contributed by atoms with Gasteiger partial charge in [-0.05, 0) is 25.0 Å². The van der Waals surface area contributed by atoms with Crippen molar-refractivity contribution < 1.29 is 19.4 Å². The topological polar surface area (TPSA) is 91.8 Å². The van der Waals surface area contributed by atoms with Crippen LogP contribution in [-0.2, 0) is 9.53 Å². The summed E-state index contributed by atoms with van der Waals surface area (Å²) < 4.78 is 5.23. The Balaban J connectivity index is 1.67. The van der Waals surface area contributed by atoms with Crippen molar-refractivity contribution in [2.24, 2.45) is 0 Å². The van der Waals surface area contributed by atoms with Gasteiger partial charge in [-0.2, -0.15) is 0 Å². The molecule has 1 aliphatic heterocycles. The average Bonchev–Trinajstić information content (AvgIpc) is 3.28. The number of ether oxygens (including phenoxy) is 1. The number of likely N-dealkylation sites (tertiary alicyclic amines) is 1. The molecular formula is C19H23N3O4S. The lowest BCUT2D eigenvalue weighted by Gasteiger charge is -2.23. The number of aromatic nitrogens is 1.